The average molecular weight is 285 g/mol. The fourth-order valence-electron chi connectivity index (χ4n) is 1.78. The summed E-state index contributed by atoms with van der Waals surface area (Å²) in [6.07, 6.45) is -0.686. The first-order valence-electron chi connectivity index (χ1n) is 6.88. The van der Waals surface area contributed by atoms with Crippen molar-refractivity contribution in [1.82, 2.24) is 5.32 Å². The Bertz CT molecular complexity index is 387. The zero-order valence-electron chi connectivity index (χ0n) is 12.1. The highest BCUT2D eigenvalue weighted by atomic mass is 19.1. The minimum atomic E-state index is -0.686. The van der Waals surface area contributed by atoms with Crippen LogP contribution in [0.5, 0.6) is 0 Å². The minimum absolute atomic E-state index is 0.0282. The zero-order chi connectivity index (χ0) is 15.0. The third kappa shape index (κ3) is 5.96. The number of rotatable bonds is 9. The topological polar surface area (TPSA) is 61.7 Å². The van der Waals surface area contributed by atoms with Gasteiger partial charge in [-0.25, -0.2) is 4.39 Å². The van der Waals surface area contributed by atoms with Gasteiger partial charge < -0.3 is 20.3 Å². The Morgan fingerprint density at radius 1 is 1.30 bits per heavy atom. The Morgan fingerprint density at radius 3 is 2.60 bits per heavy atom. The van der Waals surface area contributed by atoms with Crippen molar-refractivity contribution < 1.29 is 19.3 Å². The van der Waals surface area contributed by atoms with E-state index in [-0.39, 0.29) is 37.6 Å². The number of ether oxygens (including phenoxy) is 1. The van der Waals surface area contributed by atoms with E-state index in [1.165, 1.54) is 6.07 Å². The number of aliphatic hydroxyl groups excluding tert-OH is 2. The predicted molar refractivity (Wildman–Crippen MR) is 75.8 cm³/mol. The summed E-state index contributed by atoms with van der Waals surface area (Å²) in [5.74, 6) is -0.0215. The Balaban J connectivity index is 2.23. The van der Waals surface area contributed by atoms with E-state index in [4.69, 9.17) is 9.84 Å². The number of hydrogen-bond acceptors (Lipinski definition) is 4. The van der Waals surface area contributed by atoms with Gasteiger partial charge in [-0.15, -0.1) is 0 Å². The van der Waals surface area contributed by atoms with Crippen molar-refractivity contribution in [3.05, 3.63) is 35.6 Å². The summed E-state index contributed by atoms with van der Waals surface area (Å²) in [7, 11) is 0. The number of benzene rings is 1. The first kappa shape index (κ1) is 17.0. The molecule has 4 nitrogen and oxygen atoms in total. The monoisotopic (exact) mass is 285 g/mol. The molecule has 0 aliphatic heterocycles. The van der Waals surface area contributed by atoms with Gasteiger partial charge in [0.1, 0.15) is 5.82 Å². The molecule has 2 atom stereocenters. The summed E-state index contributed by atoms with van der Waals surface area (Å²) >= 11 is 0. The lowest BCUT2D eigenvalue weighted by Crippen LogP contribution is -2.42. The molecule has 0 bridgehead atoms. The highest BCUT2D eigenvalue weighted by Gasteiger charge is 2.13. The molecule has 0 aliphatic rings. The maximum absolute atomic E-state index is 13.3. The van der Waals surface area contributed by atoms with E-state index >= 15 is 0 Å². The molecular weight excluding hydrogens is 261 g/mol. The molecule has 1 aromatic carbocycles. The summed E-state index contributed by atoms with van der Waals surface area (Å²) in [5.41, 5.74) is 0.475. The number of nitrogens with one attached hydrogen (secondary N) is 1. The Labute approximate surface area is 119 Å². The van der Waals surface area contributed by atoms with Crippen LogP contribution in [0.15, 0.2) is 24.3 Å². The summed E-state index contributed by atoms with van der Waals surface area (Å²) in [6, 6.07) is 6.36. The number of halogens is 1. The van der Waals surface area contributed by atoms with Crippen LogP contribution < -0.4 is 5.32 Å². The highest BCUT2D eigenvalue weighted by Crippen LogP contribution is 2.07. The average Bonchev–Trinajstić information content (AvgIpc) is 2.41. The van der Waals surface area contributed by atoms with Gasteiger partial charge in [0.05, 0.1) is 25.9 Å². The van der Waals surface area contributed by atoms with Gasteiger partial charge >= 0.3 is 0 Å². The third-order valence-electron chi connectivity index (χ3n) is 3.14. The third-order valence-corrected chi connectivity index (χ3v) is 3.14. The molecule has 0 aromatic heterocycles. The van der Waals surface area contributed by atoms with Gasteiger partial charge in [0.15, 0.2) is 0 Å². The second-order valence-electron chi connectivity index (χ2n) is 5.20. The quantitative estimate of drug-likeness (QED) is 0.640. The molecule has 0 radical (unpaired) electrons. The number of hydrogen-bond donors (Lipinski definition) is 3. The number of aliphatic hydroxyl groups is 2. The van der Waals surface area contributed by atoms with Crippen LogP contribution in [0.1, 0.15) is 19.4 Å². The van der Waals surface area contributed by atoms with E-state index in [0.717, 1.165) is 0 Å². The van der Waals surface area contributed by atoms with Crippen molar-refractivity contribution in [2.75, 3.05) is 19.8 Å². The zero-order valence-corrected chi connectivity index (χ0v) is 12.1. The van der Waals surface area contributed by atoms with Crippen LogP contribution in [-0.4, -0.2) is 42.1 Å². The van der Waals surface area contributed by atoms with Crippen molar-refractivity contribution in [2.45, 2.75) is 32.6 Å². The largest absolute Gasteiger partial charge is 0.395 e. The van der Waals surface area contributed by atoms with Crippen molar-refractivity contribution in [3.63, 3.8) is 0 Å². The summed E-state index contributed by atoms with van der Waals surface area (Å²) < 4.78 is 18.6. The normalized spacial score (nSPS) is 14.5. The molecule has 3 N–H and O–H groups in total. The van der Waals surface area contributed by atoms with E-state index in [2.05, 4.69) is 5.32 Å². The van der Waals surface area contributed by atoms with Gasteiger partial charge in [-0.05, 0) is 12.0 Å². The second kappa shape index (κ2) is 9.02. The van der Waals surface area contributed by atoms with Gasteiger partial charge in [0.25, 0.3) is 0 Å². The molecule has 0 spiro atoms. The van der Waals surface area contributed by atoms with E-state index in [9.17, 15) is 9.50 Å². The van der Waals surface area contributed by atoms with E-state index in [1.807, 2.05) is 13.8 Å². The molecule has 1 unspecified atom stereocenters. The molecule has 1 aromatic rings. The molecule has 5 heteroatoms. The highest BCUT2D eigenvalue weighted by molar-refractivity contribution is 5.16. The van der Waals surface area contributed by atoms with E-state index in [1.54, 1.807) is 18.2 Å². The minimum Gasteiger partial charge on any atom is -0.395 e. The first-order valence-corrected chi connectivity index (χ1v) is 6.88. The van der Waals surface area contributed by atoms with Gasteiger partial charge in [-0.1, -0.05) is 32.0 Å². The van der Waals surface area contributed by atoms with Crippen LogP contribution >= 0.6 is 0 Å². The predicted octanol–water partition coefficient (Wildman–Crippen LogP) is 1.31. The lowest BCUT2D eigenvalue weighted by molar-refractivity contribution is 0.0246. The second-order valence-corrected chi connectivity index (χ2v) is 5.20. The van der Waals surface area contributed by atoms with Gasteiger partial charge in [0, 0.05) is 18.2 Å². The first-order chi connectivity index (χ1) is 9.54. The SMILES string of the molecule is CC(C)[C@@H](CO)NCC(O)COCc1ccccc1F. The van der Waals surface area contributed by atoms with Crippen LogP contribution in [0.25, 0.3) is 0 Å². The molecular formula is C15H24FNO3. The van der Waals surface area contributed by atoms with Crippen LogP contribution in [0, 0.1) is 11.7 Å². The molecule has 0 saturated carbocycles. The van der Waals surface area contributed by atoms with Crippen LogP contribution in [0.4, 0.5) is 4.39 Å². The van der Waals surface area contributed by atoms with Gasteiger partial charge in [0.2, 0.25) is 0 Å². The lowest BCUT2D eigenvalue weighted by atomic mass is 10.1. The maximum Gasteiger partial charge on any atom is 0.128 e. The fraction of sp³-hybridized carbons (Fsp3) is 0.600. The molecule has 0 fully saturated rings. The molecule has 0 amide bonds. The smallest absolute Gasteiger partial charge is 0.128 e. The van der Waals surface area contributed by atoms with Crippen molar-refractivity contribution in [1.29, 1.82) is 0 Å². The molecule has 0 aliphatic carbocycles. The Morgan fingerprint density at radius 2 is 2.00 bits per heavy atom. The van der Waals surface area contributed by atoms with Gasteiger partial charge in [-0.3, -0.25) is 0 Å². The van der Waals surface area contributed by atoms with Crippen LogP contribution in [-0.2, 0) is 11.3 Å². The molecule has 0 saturated heterocycles. The Hall–Kier alpha value is -1.01. The standard InChI is InChI=1S/C15H24FNO3/c1-11(2)15(8-18)17-7-13(19)10-20-9-12-5-3-4-6-14(12)16/h3-6,11,13,15,17-19H,7-10H2,1-2H3/t13?,15-/m1/s1. The summed E-state index contributed by atoms with van der Waals surface area (Å²) in [5, 5.41) is 22.0. The molecule has 0 heterocycles. The van der Waals surface area contributed by atoms with E-state index < -0.39 is 6.10 Å². The fourth-order valence-corrected chi connectivity index (χ4v) is 1.78. The lowest BCUT2D eigenvalue weighted by Gasteiger charge is -2.22. The molecule has 114 valence electrons. The van der Waals surface area contributed by atoms with Crippen LogP contribution in [0.2, 0.25) is 0 Å². The Kier molecular flexibility index (Phi) is 7.69. The van der Waals surface area contributed by atoms with Crippen LogP contribution in [0.3, 0.4) is 0 Å². The van der Waals surface area contributed by atoms with Crippen molar-refractivity contribution in [2.24, 2.45) is 5.92 Å². The molecule has 20 heavy (non-hydrogen) atoms. The summed E-state index contributed by atoms with van der Waals surface area (Å²) in [6.45, 7) is 4.61. The van der Waals surface area contributed by atoms with Crippen molar-refractivity contribution >= 4 is 0 Å². The van der Waals surface area contributed by atoms with E-state index in [0.29, 0.717) is 12.1 Å². The summed E-state index contributed by atoms with van der Waals surface area (Å²) in [4.78, 5) is 0. The van der Waals surface area contributed by atoms with Gasteiger partial charge in [-0.2, -0.15) is 0 Å². The molecule has 1 rings (SSSR count). The van der Waals surface area contributed by atoms with Crippen molar-refractivity contribution in [3.8, 4) is 0 Å². The maximum atomic E-state index is 13.3.